The van der Waals surface area contributed by atoms with E-state index in [2.05, 4.69) is 10.6 Å². The summed E-state index contributed by atoms with van der Waals surface area (Å²) in [6, 6.07) is 12.0. The number of benzene rings is 2. The van der Waals surface area contributed by atoms with Crippen LogP contribution in [0.15, 0.2) is 42.5 Å². The number of hydrogen-bond acceptors (Lipinski definition) is 3. The summed E-state index contributed by atoms with van der Waals surface area (Å²) in [6.07, 6.45) is 1.63. The second kappa shape index (κ2) is 9.85. The Labute approximate surface area is 180 Å². The molecule has 1 aliphatic heterocycles. The van der Waals surface area contributed by atoms with Crippen LogP contribution in [-0.2, 0) is 0 Å². The molecule has 2 aromatic rings. The summed E-state index contributed by atoms with van der Waals surface area (Å²) in [6.45, 7) is 1.80. The maximum atomic E-state index is 12.5. The average Bonchev–Trinajstić information content (AvgIpc) is 2.72. The number of nitrogens with one attached hydrogen (secondary N) is 2. The largest absolute Gasteiger partial charge is 0.495 e. The lowest BCUT2D eigenvalue weighted by atomic mass is 9.97. The highest BCUT2D eigenvalue weighted by molar-refractivity contribution is 6.36. The first-order chi connectivity index (χ1) is 14.0. The molecule has 8 heteroatoms. The fraction of sp³-hybridized carbons (Fsp3) is 0.333. The fourth-order valence-electron chi connectivity index (χ4n) is 3.29. The van der Waals surface area contributed by atoms with Gasteiger partial charge in [-0.05, 0) is 49.1 Å². The van der Waals surface area contributed by atoms with Crippen molar-refractivity contribution in [1.29, 1.82) is 0 Å². The first kappa shape index (κ1) is 21.3. The van der Waals surface area contributed by atoms with Crippen LogP contribution in [0.2, 0.25) is 10.0 Å². The first-order valence-corrected chi connectivity index (χ1v) is 10.2. The molecule has 1 saturated heterocycles. The SMILES string of the molecule is COc1ccccc1NC(=O)N1CCC(CNC(=O)c2ccc(Cl)cc2Cl)CC1. The van der Waals surface area contributed by atoms with Crippen LogP contribution in [0.3, 0.4) is 0 Å². The van der Waals surface area contributed by atoms with E-state index in [0.29, 0.717) is 52.6 Å². The zero-order valence-corrected chi connectivity index (χ0v) is 17.6. The van der Waals surface area contributed by atoms with Crippen molar-refractivity contribution in [1.82, 2.24) is 10.2 Å². The number of rotatable bonds is 5. The van der Waals surface area contributed by atoms with Gasteiger partial charge in [0, 0.05) is 24.7 Å². The van der Waals surface area contributed by atoms with Crippen LogP contribution in [0.1, 0.15) is 23.2 Å². The van der Waals surface area contributed by atoms with E-state index in [-0.39, 0.29) is 11.9 Å². The van der Waals surface area contributed by atoms with Crippen molar-refractivity contribution in [3.63, 3.8) is 0 Å². The van der Waals surface area contributed by atoms with Crippen molar-refractivity contribution < 1.29 is 14.3 Å². The van der Waals surface area contributed by atoms with Gasteiger partial charge in [-0.3, -0.25) is 4.79 Å². The van der Waals surface area contributed by atoms with Gasteiger partial charge in [-0.25, -0.2) is 4.79 Å². The molecule has 29 heavy (non-hydrogen) atoms. The van der Waals surface area contributed by atoms with Crippen LogP contribution in [0, 0.1) is 5.92 Å². The molecule has 154 valence electrons. The van der Waals surface area contributed by atoms with E-state index in [1.807, 2.05) is 12.1 Å². The van der Waals surface area contributed by atoms with Gasteiger partial charge in [0.1, 0.15) is 5.75 Å². The molecule has 0 saturated carbocycles. The van der Waals surface area contributed by atoms with Crippen LogP contribution >= 0.6 is 23.2 Å². The molecule has 0 aliphatic carbocycles. The Morgan fingerprint density at radius 2 is 1.86 bits per heavy atom. The molecule has 0 unspecified atom stereocenters. The zero-order chi connectivity index (χ0) is 20.8. The van der Waals surface area contributed by atoms with E-state index >= 15 is 0 Å². The van der Waals surface area contributed by atoms with Crippen LogP contribution in [0.5, 0.6) is 5.75 Å². The smallest absolute Gasteiger partial charge is 0.321 e. The monoisotopic (exact) mass is 435 g/mol. The number of urea groups is 1. The summed E-state index contributed by atoms with van der Waals surface area (Å²) in [4.78, 5) is 26.6. The van der Waals surface area contributed by atoms with E-state index in [4.69, 9.17) is 27.9 Å². The van der Waals surface area contributed by atoms with Gasteiger partial charge >= 0.3 is 6.03 Å². The Morgan fingerprint density at radius 1 is 1.14 bits per heavy atom. The Kier molecular flexibility index (Phi) is 7.23. The second-order valence-electron chi connectivity index (χ2n) is 6.90. The maximum absolute atomic E-state index is 12.5. The Morgan fingerprint density at radius 3 is 2.55 bits per heavy atom. The maximum Gasteiger partial charge on any atom is 0.321 e. The number of carbonyl (C=O) groups excluding carboxylic acids is 2. The number of amides is 3. The Bertz CT molecular complexity index is 883. The van der Waals surface area contributed by atoms with Crippen LogP contribution in [0.4, 0.5) is 10.5 Å². The molecule has 6 nitrogen and oxygen atoms in total. The lowest BCUT2D eigenvalue weighted by Gasteiger charge is -2.32. The van der Waals surface area contributed by atoms with Crippen molar-refractivity contribution in [2.24, 2.45) is 5.92 Å². The number of nitrogens with zero attached hydrogens (tertiary/aromatic N) is 1. The van der Waals surface area contributed by atoms with E-state index in [1.54, 1.807) is 42.3 Å². The average molecular weight is 436 g/mol. The molecular weight excluding hydrogens is 413 g/mol. The summed E-state index contributed by atoms with van der Waals surface area (Å²) < 4.78 is 5.27. The van der Waals surface area contributed by atoms with Crippen LogP contribution < -0.4 is 15.4 Å². The molecular formula is C21H23Cl2N3O3. The number of piperidine rings is 1. The molecule has 3 rings (SSSR count). The minimum atomic E-state index is -0.219. The lowest BCUT2D eigenvalue weighted by Crippen LogP contribution is -2.43. The Hall–Kier alpha value is -2.44. The molecule has 2 aromatic carbocycles. The van der Waals surface area contributed by atoms with Gasteiger partial charge in [-0.1, -0.05) is 35.3 Å². The summed E-state index contributed by atoms with van der Waals surface area (Å²) in [5.74, 6) is 0.711. The van der Waals surface area contributed by atoms with E-state index < -0.39 is 0 Å². The number of para-hydroxylation sites is 2. The number of carbonyl (C=O) groups is 2. The molecule has 0 aromatic heterocycles. The molecule has 0 atom stereocenters. The predicted octanol–water partition coefficient (Wildman–Crippen LogP) is 4.68. The molecule has 1 aliphatic rings. The molecule has 1 fully saturated rings. The summed E-state index contributed by atoms with van der Waals surface area (Å²) >= 11 is 11.9. The first-order valence-electron chi connectivity index (χ1n) is 9.40. The van der Waals surface area contributed by atoms with Crippen LogP contribution in [0.25, 0.3) is 0 Å². The quantitative estimate of drug-likeness (QED) is 0.716. The van der Waals surface area contributed by atoms with Gasteiger partial charge < -0.3 is 20.3 Å². The summed E-state index contributed by atoms with van der Waals surface area (Å²) in [5, 5.41) is 6.64. The molecule has 0 bridgehead atoms. The predicted molar refractivity (Wildman–Crippen MR) is 115 cm³/mol. The fourth-order valence-corrected chi connectivity index (χ4v) is 3.78. The summed E-state index contributed by atoms with van der Waals surface area (Å²) in [5.41, 5.74) is 1.05. The van der Waals surface area contributed by atoms with Gasteiger partial charge in [0.15, 0.2) is 0 Å². The van der Waals surface area contributed by atoms with Gasteiger partial charge in [-0.15, -0.1) is 0 Å². The minimum Gasteiger partial charge on any atom is -0.495 e. The third kappa shape index (κ3) is 5.55. The number of halogens is 2. The molecule has 3 amide bonds. The van der Waals surface area contributed by atoms with Gasteiger partial charge in [-0.2, -0.15) is 0 Å². The van der Waals surface area contributed by atoms with Crippen molar-refractivity contribution in [3.05, 3.63) is 58.1 Å². The number of hydrogen-bond donors (Lipinski definition) is 2. The van der Waals surface area contributed by atoms with E-state index in [0.717, 1.165) is 12.8 Å². The molecule has 1 heterocycles. The topological polar surface area (TPSA) is 70.7 Å². The lowest BCUT2D eigenvalue weighted by molar-refractivity contribution is 0.0939. The summed E-state index contributed by atoms with van der Waals surface area (Å²) in [7, 11) is 1.57. The number of ether oxygens (including phenoxy) is 1. The second-order valence-corrected chi connectivity index (χ2v) is 7.74. The van der Waals surface area contributed by atoms with Gasteiger partial charge in [0.2, 0.25) is 0 Å². The number of likely N-dealkylation sites (tertiary alicyclic amines) is 1. The third-order valence-electron chi connectivity index (χ3n) is 4.98. The highest BCUT2D eigenvalue weighted by Gasteiger charge is 2.24. The van der Waals surface area contributed by atoms with Crippen molar-refractivity contribution in [2.75, 3.05) is 32.1 Å². The number of methoxy groups -OCH3 is 1. The van der Waals surface area contributed by atoms with Crippen molar-refractivity contribution in [3.8, 4) is 5.75 Å². The van der Waals surface area contributed by atoms with Crippen molar-refractivity contribution >= 4 is 40.8 Å². The number of anilines is 1. The highest BCUT2D eigenvalue weighted by Crippen LogP contribution is 2.25. The van der Waals surface area contributed by atoms with Gasteiger partial charge in [0.25, 0.3) is 5.91 Å². The normalized spacial score (nSPS) is 14.4. The van der Waals surface area contributed by atoms with Crippen LogP contribution in [-0.4, -0.2) is 43.6 Å². The highest BCUT2D eigenvalue weighted by atomic mass is 35.5. The molecule has 0 radical (unpaired) electrons. The standard InChI is InChI=1S/C21H23Cl2N3O3/c1-29-19-5-3-2-4-18(19)25-21(28)26-10-8-14(9-11-26)13-24-20(27)16-7-6-15(22)12-17(16)23/h2-7,12,14H,8-11,13H2,1H3,(H,24,27)(H,25,28). The minimum absolute atomic E-state index is 0.148. The van der Waals surface area contributed by atoms with Gasteiger partial charge in [0.05, 0.1) is 23.4 Å². The van der Waals surface area contributed by atoms with Crippen molar-refractivity contribution in [2.45, 2.75) is 12.8 Å². The Balaban J connectivity index is 1.46. The zero-order valence-electron chi connectivity index (χ0n) is 16.1. The third-order valence-corrected chi connectivity index (χ3v) is 5.53. The van der Waals surface area contributed by atoms with E-state index in [9.17, 15) is 9.59 Å². The molecule has 0 spiro atoms. The van der Waals surface area contributed by atoms with E-state index in [1.165, 1.54) is 0 Å². The molecule has 2 N–H and O–H groups in total.